The quantitative estimate of drug-likeness (QED) is 0.946. The van der Waals surface area contributed by atoms with E-state index in [0.29, 0.717) is 12.1 Å². The minimum absolute atomic E-state index is 0.0542. The van der Waals surface area contributed by atoms with Crippen LogP contribution in [0.15, 0.2) is 42.7 Å². The normalized spacial score (nSPS) is 21.3. The van der Waals surface area contributed by atoms with E-state index in [2.05, 4.69) is 0 Å². The summed E-state index contributed by atoms with van der Waals surface area (Å²) in [5, 5.41) is 9.13. The highest BCUT2D eigenvalue weighted by Crippen LogP contribution is 2.28. The van der Waals surface area contributed by atoms with E-state index in [4.69, 9.17) is 5.11 Å². The van der Waals surface area contributed by atoms with Crippen molar-refractivity contribution in [1.82, 2.24) is 9.47 Å². The number of aliphatic hydroxyl groups excluding tert-OH is 1. The number of aliphatic hydroxyl groups is 1. The maximum Gasteiger partial charge on any atom is 0.256 e. The van der Waals surface area contributed by atoms with Crippen molar-refractivity contribution >= 4 is 5.91 Å². The molecule has 5 heteroatoms. The van der Waals surface area contributed by atoms with Gasteiger partial charge in [-0.3, -0.25) is 4.79 Å². The van der Waals surface area contributed by atoms with Gasteiger partial charge >= 0.3 is 0 Å². The number of rotatable bonds is 3. The Hall–Kier alpha value is -2.14. The van der Waals surface area contributed by atoms with Crippen LogP contribution in [0.2, 0.25) is 0 Å². The van der Waals surface area contributed by atoms with Crippen LogP contribution < -0.4 is 0 Å². The fraction of sp³-hybridized carbons (Fsp3) is 0.353. The average molecular weight is 302 g/mol. The molecule has 1 unspecified atom stereocenters. The number of hydrogen-bond acceptors (Lipinski definition) is 2. The zero-order valence-corrected chi connectivity index (χ0v) is 12.5. The Morgan fingerprint density at radius 3 is 2.73 bits per heavy atom. The third-order valence-electron chi connectivity index (χ3n) is 4.14. The monoisotopic (exact) mass is 302 g/mol. The lowest BCUT2D eigenvalue weighted by molar-refractivity contribution is 0.0631. The lowest BCUT2D eigenvalue weighted by atomic mass is 10.1. The third-order valence-corrected chi connectivity index (χ3v) is 4.14. The predicted octanol–water partition coefficient (Wildman–Crippen LogP) is 2.33. The summed E-state index contributed by atoms with van der Waals surface area (Å²) in [6, 6.07) is 9.45. The lowest BCUT2D eigenvalue weighted by Crippen LogP contribution is -2.35. The molecular formula is C17H19FN2O2. The lowest BCUT2D eigenvalue weighted by Gasteiger charge is -2.21. The van der Waals surface area contributed by atoms with Crippen molar-refractivity contribution in [2.45, 2.75) is 19.0 Å². The fourth-order valence-corrected chi connectivity index (χ4v) is 2.85. The molecule has 3 rings (SSSR count). The van der Waals surface area contributed by atoms with Crippen molar-refractivity contribution in [3.8, 4) is 5.69 Å². The molecule has 2 heterocycles. The van der Waals surface area contributed by atoms with Gasteiger partial charge in [0, 0.05) is 25.4 Å². The van der Waals surface area contributed by atoms with Crippen molar-refractivity contribution in [1.29, 1.82) is 0 Å². The van der Waals surface area contributed by atoms with Crippen LogP contribution in [-0.2, 0) is 0 Å². The van der Waals surface area contributed by atoms with Crippen LogP contribution >= 0.6 is 0 Å². The fourth-order valence-electron chi connectivity index (χ4n) is 2.85. The van der Waals surface area contributed by atoms with Crippen LogP contribution in [0.3, 0.4) is 0 Å². The van der Waals surface area contributed by atoms with Crippen LogP contribution in [0.5, 0.6) is 0 Å². The Balaban J connectivity index is 1.94. The summed E-state index contributed by atoms with van der Waals surface area (Å²) in [6.07, 6.45) is 3.93. The summed E-state index contributed by atoms with van der Waals surface area (Å²) < 4.78 is 16.0. The first-order chi connectivity index (χ1) is 10.5. The van der Waals surface area contributed by atoms with Crippen LogP contribution in [0.1, 0.15) is 22.3 Å². The summed E-state index contributed by atoms with van der Waals surface area (Å²) in [5.41, 5.74) is 0.638. The maximum atomic E-state index is 14.2. The van der Waals surface area contributed by atoms with Crippen molar-refractivity contribution in [2.24, 2.45) is 0 Å². The largest absolute Gasteiger partial charge is 0.393 e. The minimum Gasteiger partial charge on any atom is -0.393 e. The Labute approximate surface area is 128 Å². The van der Waals surface area contributed by atoms with Crippen molar-refractivity contribution in [3.63, 3.8) is 0 Å². The van der Waals surface area contributed by atoms with E-state index < -0.39 is 12.3 Å². The maximum absolute atomic E-state index is 14.2. The molecule has 1 amide bonds. The molecule has 0 aliphatic carbocycles. The van der Waals surface area contributed by atoms with E-state index in [-0.39, 0.29) is 18.9 Å². The van der Waals surface area contributed by atoms with Gasteiger partial charge in [0.05, 0.1) is 24.4 Å². The molecule has 1 N–H and O–H groups in total. The molecule has 116 valence electrons. The standard InChI is InChI=1S/C17H19FN2O2/c1-13-4-5-15(19-7-2-3-8-19)14(10-13)16(22)20-9-6-17(18,11-20)12-21/h2-5,7-8,10,21H,6,9,11-12H2,1H3. The van der Waals surface area contributed by atoms with Gasteiger partial charge in [0.1, 0.15) is 0 Å². The molecule has 1 saturated heterocycles. The Bertz CT molecular complexity index is 684. The molecule has 1 aliphatic rings. The number of amides is 1. The molecule has 0 bridgehead atoms. The van der Waals surface area contributed by atoms with Gasteiger partial charge in [0.25, 0.3) is 5.91 Å². The number of hydrogen-bond donors (Lipinski definition) is 1. The molecule has 22 heavy (non-hydrogen) atoms. The van der Waals surface area contributed by atoms with E-state index >= 15 is 0 Å². The van der Waals surface area contributed by atoms with Crippen molar-refractivity contribution < 1.29 is 14.3 Å². The minimum atomic E-state index is -1.67. The number of carbonyl (C=O) groups is 1. The van der Waals surface area contributed by atoms with Gasteiger partial charge in [-0.15, -0.1) is 0 Å². The Kier molecular flexibility index (Phi) is 3.74. The van der Waals surface area contributed by atoms with Gasteiger partial charge in [-0.2, -0.15) is 0 Å². The Morgan fingerprint density at radius 1 is 1.36 bits per heavy atom. The highest BCUT2D eigenvalue weighted by Gasteiger charge is 2.40. The first-order valence-electron chi connectivity index (χ1n) is 7.35. The van der Waals surface area contributed by atoms with Gasteiger partial charge in [-0.1, -0.05) is 11.6 Å². The molecule has 2 aromatic rings. The molecule has 0 spiro atoms. The number of alkyl halides is 1. The third kappa shape index (κ3) is 2.64. The molecule has 4 nitrogen and oxygen atoms in total. The molecule has 1 fully saturated rings. The van der Waals surface area contributed by atoms with Gasteiger partial charge in [-0.05, 0) is 31.2 Å². The van der Waals surface area contributed by atoms with Crippen LogP contribution in [0.4, 0.5) is 4.39 Å². The summed E-state index contributed by atoms with van der Waals surface area (Å²) >= 11 is 0. The zero-order chi connectivity index (χ0) is 15.7. The second-order valence-electron chi connectivity index (χ2n) is 5.90. The second-order valence-corrected chi connectivity index (χ2v) is 5.90. The molecule has 0 radical (unpaired) electrons. The molecular weight excluding hydrogens is 283 g/mol. The van der Waals surface area contributed by atoms with Crippen LogP contribution in [-0.4, -0.2) is 45.8 Å². The van der Waals surface area contributed by atoms with E-state index in [1.807, 2.05) is 54.2 Å². The van der Waals surface area contributed by atoms with E-state index in [9.17, 15) is 9.18 Å². The number of carbonyl (C=O) groups excluding carboxylic acids is 1. The summed E-state index contributed by atoms with van der Waals surface area (Å²) in [7, 11) is 0. The number of benzene rings is 1. The first kappa shape index (κ1) is 14.8. The number of likely N-dealkylation sites (tertiary alicyclic amines) is 1. The van der Waals surface area contributed by atoms with Crippen molar-refractivity contribution in [2.75, 3.05) is 19.7 Å². The highest BCUT2D eigenvalue weighted by atomic mass is 19.1. The number of aryl methyl sites for hydroxylation is 1. The summed E-state index contributed by atoms with van der Waals surface area (Å²) in [6.45, 7) is 1.65. The number of aromatic nitrogens is 1. The van der Waals surface area contributed by atoms with Gasteiger partial charge in [0.15, 0.2) is 5.67 Å². The van der Waals surface area contributed by atoms with Gasteiger partial charge in [-0.25, -0.2) is 4.39 Å². The molecule has 1 aromatic heterocycles. The first-order valence-corrected chi connectivity index (χ1v) is 7.35. The average Bonchev–Trinajstić information content (AvgIpc) is 3.17. The van der Waals surface area contributed by atoms with Gasteiger partial charge < -0.3 is 14.6 Å². The van der Waals surface area contributed by atoms with Crippen LogP contribution in [0, 0.1) is 6.92 Å². The second kappa shape index (κ2) is 5.57. The number of halogens is 1. The molecule has 0 saturated carbocycles. The Morgan fingerprint density at radius 2 is 2.09 bits per heavy atom. The summed E-state index contributed by atoms with van der Waals surface area (Å²) in [4.78, 5) is 14.3. The van der Waals surface area contributed by atoms with Crippen LogP contribution in [0.25, 0.3) is 5.69 Å². The van der Waals surface area contributed by atoms with E-state index in [0.717, 1.165) is 11.3 Å². The topological polar surface area (TPSA) is 45.5 Å². The molecule has 1 aliphatic heterocycles. The van der Waals surface area contributed by atoms with Crippen molar-refractivity contribution in [3.05, 3.63) is 53.9 Å². The van der Waals surface area contributed by atoms with E-state index in [1.165, 1.54) is 4.90 Å². The predicted molar refractivity (Wildman–Crippen MR) is 82.0 cm³/mol. The zero-order valence-electron chi connectivity index (χ0n) is 12.5. The summed E-state index contributed by atoms with van der Waals surface area (Å²) in [5.74, 6) is -0.194. The molecule has 1 aromatic carbocycles. The smallest absolute Gasteiger partial charge is 0.256 e. The number of nitrogens with zero attached hydrogens (tertiary/aromatic N) is 2. The SMILES string of the molecule is Cc1ccc(-n2cccc2)c(C(=O)N2CCC(F)(CO)C2)c1. The van der Waals surface area contributed by atoms with E-state index in [1.54, 1.807) is 0 Å². The molecule has 1 atom stereocenters. The highest BCUT2D eigenvalue weighted by molar-refractivity contribution is 5.98. The van der Waals surface area contributed by atoms with Gasteiger partial charge in [0.2, 0.25) is 0 Å².